The molecule has 21 heavy (non-hydrogen) atoms. The Labute approximate surface area is 123 Å². The van der Waals surface area contributed by atoms with E-state index in [-0.39, 0.29) is 17.2 Å². The molecular weight excluding hydrogens is 296 g/mol. The van der Waals surface area contributed by atoms with Crippen molar-refractivity contribution in [2.75, 3.05) is 39.1 Å². The van der Waals surface area contributed by atoms with Gasteiger partial charge in [0.1, 0.15) is 0 Å². The Hall–Kier alpha value is -1.38. The minimum Gasteiger partial charge on any atom is -0.459 e. The molecule has 0 saturated carbocycles. The van der Waals surface area contributed by atoms with Crippen molar-refractivity contribution in [3.8, 4) is 0 Å². The second kappa shape index (κ2) is 5.11. The van der Waals surface area contributed by atoms with Gasteiger partial charge in [0, 0.05) is 31.0 Å². The lowest BCUT2D eigenvalue weighted by molar-refractivity contribution is 0.0691. The molecule has 3 rings (SSSR count). The highest BCUT2D eigenvalue weighted by molar-refractivity contribution is 7.88. The Morgan fingerprint density at radius 3 is 3.05 bits per heavy atom. The SMILES string of the molecule is CS(=O)(=O)NC[C@]12COC[C@H]1CN(C(=O)c1ccco1)C2. The molecular formula is C13H18N2O5S. The number of hydrogen-bond donors (Lipinski definition) is 1. The zero-order valence-electron chi connectivity index (χ0n) is 11.7. The summed E-state index contributed by atoms with van der Waals surface area (Å²) >= 11 is 0. The van der Waals surface area contributed by atoms with E-state index >= 15 is 0 Å². The van der Waals surface area contributed by atoms with Gasteiger partial charge in [0.15, 0.2) is 5.76 Å². The molecule has 2 aliphatic heterocycles. The number of nitrogens with zero attached hydrogens (tertiary/aromatic N) is 1. The fourth-order valence-electron chi connectivity index (χ4n) is 3.07. The Morgan fingerprint density at radius 1 is 1.57 bits per heavy atom. The maximum atomic E-state index is 12.3. The zero-order chi connectivity index (χ0) is 15.1. The van der Waals surface area contributed by atoms with Crippen molar-refractivity contribution in [1.29, 1.82) is 0 Å². The molecule has 1 aromatic heterocycles. The van der Waals surface area contributed by atoms with Crippen LogP contribution < -0.4 is 4.72 Å². The van der Waals surface area contributed by atoms with E-state index in [0.29, 0.717) is 38.6 Å². The Bertz CT molecular complexity index is 627. The molecule has 0 spiro atoms. The van der Waals surface area contributed by atoms with Crippen molar-refractivity contribution in [2.24, 2.45) is 11.3 Å². The first kappa shape index (κ1) is 14.6. The largest absolute Gasteiger partial charge is 0.459 e. The smallest absolute Gasteiger partial charge is 0.289 e. The molecule has 116 valence electrons. The number of ether oxygens (including phenoxy) is 1. The summed E-state index contributed by atoms with van der Waals surface area (Å²) in [6, 6.07) is 3.31. The van der Waals surface area contributed by atoms with Gasteiger partial charge in [0.05, 0.1) is 25.7 Å². The van der Waals surface area contributed by atoms with Crippen LogP contribution in [0, 0.1) is 11.3 Å². The van der Waals surface area contributed by atoms with Crippen molar-refractivity contribution < 1.29 is 22.4 Å². The van der Waals surface area contributed by atoms with Crippen LogP contribution >= 0.6 is 0 Å². The molecule has 0 bridgehead atoms. The van der Waals surface area contributed by atoms with Gasteiger partial charge in [-0.15, -0.1) is 0 Å². The highest BCUT2D eigenvalue weighted by Gasteiger charge is 2.52. The quantitative estimate of drug-likeness (QED) is 0.839. The van der Waals surface area contributed by atoms with Crippen LogP contribution in [0.5, 0.6) is 0 Å². The lowest BCUT2D eigenvalue weighted by Crippen LogP contribution is -2.43. The molecule has 2 aliphatic rings. The number of rotatable bonds is 4. The van der Waals surface area contributed by atoms with Crippen molar-refractivity contribution in [3.05, 3.63) is 24.2 Å². The van der Waals surface area contributed by atoms with Gasteiger partial charge < -0.3 is 14.1 Å². The summed E-state index contributed by atoms with van der Waals surface area (Å²) in [5, 5.41) is 0. The summed E-state index contributed by atoms with van der Waals surface area (Å²) in [5.41, 5.74) is -0.342. The zero-order valence-corrected chi connectivity index (χ0v) is 12.6. The molecule has 3 heterocycles. The maximum Gasteiger partial charge on any atom is 0.289 e. The lowest BCUT2D eigenvalue weighted by atomic mass is 9.81. The van der Waals surface area contributed by atoms with Gasteiger partial charge >= 0.3 is 0 Å². The first-order chi connectivity index (χ1) is 9.90. The van der Waals surface area contributed by atoms with Crippen molar-refractivity contribution in [3.63, 3.8) is 0 Å². The van der Waals surface area contributed by atoms with E-state index in [1.165, 1.54) is 6.26 Å². The van der Waals surface area contributed by atoms with Gasteiger partial charge in [-0.25, -0.2) is 13.1 Å². The molecule has 0 aromatic carbocycles. The van der Waals surface area contributed by atoms with Crippen LogP contribution in [0.3, 0.4) is 0 Å². The third kappa shape index (κ3) is 2.83. The molecule has 2 saturated heterocycles. The van der Waals surface area contributed by atoms with Gasteiger partial charge in [0.2, 0.25) is 10.0 Å². The summed E-state index contributed by atoms with van der Waals surface area (Å²) in [6.45, 7) is 2.33. The fourth-order valence-corrected chi connectivity index (χ4v) is 3.62. The van der Waals surface area contributed by atoms with Crippen LogP contribution in [0.1, 0.15) is 10.6 Å². The van der Waals surface area contributed by atoms with Gasteiger partial charge in [-0.1, -0.05) is 0 Å². The molecule has 2 atom stereocenters. The number of likely N-dealkylation sites (tertiary alicyclic amines) is 1. The van der Waals surface area contributed by atoms with Crippen LogP contribution in [-0.4, -0.2) is 58.3 Å². The van der Waals surface area contributed by atoms with Crippen molar-refractivity contribution in [2.45, 2.75) is 0 Å². The number of fused-ring (bicyclic) bond motifs is 1. The predicted molar refractivity (Wildman–Crippen MR) is 74.2 cm³/mol. The second-order valence-electron chi connectivity index (χ2n) is 5.83. The summed E-state index contributed by atoms with van der Waals surface area (Å²) in [7, 11) is -3.26. The predicted octanol–water partition coefficient (Wildman–Crippen LogP) is -0.0826. The molecule has 1 amide bonds. The van der Waals surface area contributed by atoms with Crippen LogP contribution in [0.15, 0.2) is 22.8 Å². The average molecular weight is 314 g/mol. The molecule has 8 heteroatoms. The minimum absolute atomic E-state index is 0.144. The monoisotopic (exact) mass is 314 g/mol. The summed E-state index contributed by atoms with van der Waals surface area (Å²) in [5.74, 6) is 0.293. The molecule has 7 nitrogen and oxygen atoms in total. The van der Waals surface area contributed by atoms with Gasteiger partial charge in [-0.3, -0.25) is 4.79 Å². The highest BCUT2D eigenvalue weighted by atomic mass is 32.2. The maximum absolute atomic E-state index is 12.3. The molecule has 0 unspecified atom stereocenters. The number of carbonyl (C=O) groups excluding carboxylic acids is 1. The molecule has 0 aliphatic carbocycles. The number of hydrogen-bond acceptors (Lipinski definition) is 5. The van der Waals surface area contributed by atoms with Gasteiger partial charge in [-0.2, -0.15) is 0 Å². The summed E-state index contributed by atoms with van der Waals surface area (Å²) < 4.78 is 35.9. The van der Waals surface area contributed by atoms with Gasteiger partial charge in [0.25, 0.3) is 5.91 Å². The third-order valence-corrected chi connectivity index (χ3v) is 4.90. The molecule has 1 N–H and O–H groups in total. The summed E-state index contributed by atoms with van der Waals surface area (Å²) in [4.78, 5) is 14.1. The van der Waals surface area contributed by atoms with Crippen molar-refractivity contribution >= 4 is 15.9 Å². The second-order valence-corrected chi connectivity index (χ2v) is 7.66. The van der Waals surface area contributed by atoms with Gasteiger partial charge in [-0.05, 0) is 12.1 Å². The normalized spacial score (nSPS) is 28.8. The van der Waals surface area contributed by atoms with Crippen LogP contribution in [0.25, 0.3) is 0 Å². The molecule has 1 aromatic rings. The highest BCUT2D eigenvalue weighted by Crippen LogP contribution is 2.41. The first-order valence-electron chi connectivity index (χ1n) is 6.75. The molecule has 0 radical (unpaired) electrons. The average Bonchev–Trinajstić information content (AvgIpc) is 3.10. The number of carbonyl (C=O) groups is 1. The topological polar surface area (TPSA) is 88.9 Å². The number of sulfonamides is 1. The van der Waals surface area contributed by atoms with E-state index in [0.717, 1.165) is 6.26 Å². The van der Waals surface area contributed by atoms with E-state index in [1.54, 1.807) is 17.0 Å². The van der Waals surface area contributed by atoms with E-state index in [2.05, 4.69) is 4.72 Å². The molecule has 2 fully saturated rings. The number of amides is 1. The number of furan rings is 1. The van der Waals surface area contributed by atoms with E-state index < -0.39 is 10.0 Å². The Kier molecular flexibility index (Phi) is 3.54. The Balaban J connectivity index is 1.74. The van der Waals surface area contributed by atoms with Crippen LogP contribution in [-0.2, 0) is 14.8 Å². The third-order valence-electron chi connectivity index (χ3n) is 4.23. The van der Waals surface area contributed by atoms with E-state index in [9.17, 15) is 13.2 Å². The lowest BCUT2D eigenvalue weighted by Gasteiger charge is -2.26. The Morgan fingerprint density at radius 2 is 2.38 bits per heavy atom. The standard InChI is InChI=1S/C13H18N2O5S/c1-21(17,18)14-7-13-8-15(5-10(13)6-19-9-13)12(16)11-3-2-4-20-11/h2-4,10,14H,5-9H2,1H3/t10-,13+/m1/s1. The van der Waals surface area contributed by atoms with E-state index in [1.807, 2.05) is 0 Å². The number of nitrogens with one attached hydrogen (secondary N) is 1. The fraction of sp³-hybridized carbons (Fsp3) is 0.615. The van der Waals surface area contributed by atoms with Crippen LogP contribution in [0.4, 0.5) is 0 Å². The summed E-state index contributed by atoms with van der Waals surface area (Å²) in [6.07, 6.45) is 2.60. The van der Waals surface area contributed by atoms with E-state index in [4.69, 9.17) is 9.15 Å². The van der Waals surface area contributed by atoms with Crippen LogP contribution in [0.2, 0.25) is 0 Å². The van der Waals surface area contributed by atoms with Crippen molar-refractivity contribution in [1.82, 2.24) is 9.62 Å². The minimum atomic E-state index is -3.26. The first-order valence-corrected chi connectivity index (χ1v) is 8.64.